The van der Waals surface area contributed by atoms with Crippen LogP contribution in [0.4, 0.5) is 0 Å². The summed E-state index contributed by atoms with van der Waals surface area (Å²) in [5.74, 6) is 0. The van der Waals surface area contributed by atoms with Crippen LogP contribution in [0, 0.1) is 0 Å². The number of likely N-dealkylation sites (N-methyl/N-ethyl adjacent to an activating group) is 1. The van der Waals surface area contributed by atoms with Crippen molar-refractivity contribution >= 4 is 0 Å². The molecule has 2 atom stereocenters. The first-order valence-corrected chi connectivity index (χ1v) is 9.26. The Labute approximate surface area is 145 Å². The molecule has 2 aliphatic rings. The van der Waals surface area contributed by atoms with E-state index in [0.29, 0.717) is 6.10 Å². The summed E-state index contributed by atoms with van der Waals surface area (Å²) >= 11 is 0. The molecule has 2 aliphatic heterocycles. The van der Waals surface area contributed by atoms with Gasteiger partial charge in [-0.3, -0.25) is 14.7 Å². The lowest BCUT2D eigenvalue weighted by Gasteiger charge is -2.39. The highest BCUT2D eigenvalue weighted by Gasteiger charge is 2.25. The van der Waals surface area contributed by atoms with Gasteiger partial charge in [0.15, 0.2) is 0 Å². The number of nitrogens with zero attached hydrogens (tertiary/aromatic N) is 3. The van der Waals surface area contributed by atoms with Gasteiger partial charge in [0, 0.05) is 52.4 Å². The number of hydrogen-bond acceptors (Lipinski definition) is 5. The predicted octanol–water partition coefficient (Wildman–Crippen LogP) is 1.06. The number of piperazine rings is 1. The number of aliphatic hydroxyl groups excluding tert-OH is 1. The van der Waals surface area contributed by atoms with Crippen molar-refractivity contribution in [2.75, 3.05) is 65.5 Å². The van der Waals surface area contributed by atoms with Crippen molar-refractivity contribution in [1.29, 1.82) is 0 Å². The van der Waals surface area contributed by atoms with Crippen LogP contribution in [0.25, 0.3) is 0 Å². The molecule has 0 saturated carbocycles. The van der Waals surface area contributed by atoms with Gasteiger partial charge in [0.05, 0.1) is 18.8 Å². The molecular weight excluding hydrogens is 302 g/mol. The highest BCUT2D eigenvalue weighted by Crippen LogP contribution is 2.15. The van der Waals surface area contributed by atoms with Gasteiger partial charge in [-0.25, -0.2) is 0 Å². The molecule has 24 heavy (non-hydrogen) atoms. The molecule has 0 spiro atoms. The summed E-state index contributed by atoms with van der Waals surface area (Å²) < 4.78 is 5.93. The third kappa shape index (κ3) is 5.01. The summed E-state index contributed by atoms with van der Waals surface area (Å²) in [6.45, 7) is 12.3. The molecule has 1 aromatic carbocycles. The molecule has 2 saturated heterocycles. The molecule has 0 radical (unpaired) electrons. The Bertz CT molecular complexity index is 477. The minimum atomic E-state index is -0.391. The molecule has 0 unspecified atom stereocenters. The summed E-state index contributed by atoms with van der Waals surface area (Å²) in [6, 6.07) is 9.96. The van der Waals surface area contributed by atoms with Crippen molar-refractivity contribution < 1.29 is 9.84 Å². The second-order valence-electron chi connectivity index (χ2n) is 6.91. The zero-order chi connectivity index (χ0) is 16.8. The molecule has 0 amide bonds. The monoisotopic (exact) mass is 333 g/mol. The molecular formula is C19H31N3O2. The van der Waals surface area contributed by atoms with Crippen molar-refractivity contribution in [2.45, 2.75) is 19.1 Å². The van der Waals surface area contributed by atoms with E-state index in [0.717, 1.165) is 71.1 Å². The maximum Gasteiger partial charge on any atom is 0.0916 e. The molecule has 2 heterocycles. The summed E-state index contributed by atoms with van der Waals surface area (Å²) in [5.41, 5.74) is 1.01. The quantitative estimate of drug-likeness (QED) is 0.843. The van der Waals surface area contributed by atoms with E-state index in [4.69, 9.17) is 4.74 Å². The summed E-state index contributed by atoms with van der Waals surface area (Å²) in [5, 5.41) is 10.4. The molecule has 5 nitrogen and oxygen atoms in total. The van der Waals surface area contributed by atoms with E-state index >= 15 is 0 Å². The van der Waals surface area contributed by atoms with Crippen molar-refractivity contribution in [1.82, 2.24) is 14.7 Å². The number of β-amino-alcohol motifs (C(OH)–C–C–N with tert-alkyl or cyclic N) is 1. The first-order valence-electron chi connectivity index (χ1n) is 9.26. The Balaban J connectivity index is 1.39. The summed E-state index contributed by atoms with van der Waals surface area (Å²) in [7, 11) is 0. The molecule has 0 bridgehead atoms. The van der Waals surface area contributed by atoms with E-state index in [2.05, 4.69) is 21.6 Å². The van der Waals surface area contributed by atoms with Crippen molar-refractivity contribution in [2.24, 2.45) is 0 Å². The van der Waals surface area contributed by atoms with E-state index in [1.807, 2.05) is 30.3 Å². The number of morpholine rings is 1. The summed E-state index contributed by atoms with van der Waals surface area (Å²) in [6.07, 6.45) is -0.0438. The maximum atomic E-state index is 10.4. The SMILES string of the molecule is CCN1CCO[C@H](CN2CCN(C[C@@H](O)c3ccccc3)CC2)C1. The Morgan fingerprint density at radius 2 is 1.75 bits per heavy atom. The van der Waals surface area contributed by atoms with Crippen LogP contribution in [0.3, 0.4) is 0 Å². The molecule has 134 valence electrons. The predicted molar refractivity (Wildman–Crippen MR) is 96.1 cm³/mol. The van der Waals surface area contributed by atoms with Gasteiger partial charge in [-0.15, -0.1) is 0 Å². The van der Waals surface area contributed by atoms with Crippen LogP contribution in [0.2, 0.25) is 0 Å². The number of hydrogen-bond donors (Lipinski definition) is 1. The first kappa shape index (κ1) is 17.8. The second kappa shape index (κ2) is 8.92. The molecule has 0 aromatic heterocycles. The van der Waals surface area contributed by atoms with E-state index in [-0.39, 0.29) is 0 Å². The molecule has 2 fully saturated rings. The molecule has 0 aliphatic carbocycles. The van der Waals surface area contributed by atoms with Gasteiger partial charge in [0.25, 0.3) is 0 Å². The standard InChI is InChI=1S/C19H31N3O2/c1-2-20-12-13-24-18(14-20)15-21-8-10-22(11-9-21)16-19(23)17-6-4-3-5-7-17/h3-7,18-19,23H,2,8-16H2,1H3/t18-,19+/m0/s1. The van der Waals surface area contributed by atoms with Gasteiger partial charge < -0.3 is 9.84 Å². The average molecular weight is 333 g/mol. The number of aliphatic hydroxyl groups is 1. The van der Waals surface area contributed by atoms with Crippen LogP contribution in [0.1, 0.15) is 18.6 Å². The second-order valence-corrected chi connectivity index (χ2v) is 6.91. The van der Waals surface area contributed by atoms with Gasteiger partial charge >= 0.3 is 0 Å². The van der Waals surface area contributed by atoms with Crippen LogP contribution >= 0.6 is 0 Å². The van der Waals surface area contributed by atoms with Gasteiger partial charge in [0.2, 0.25) is 0 Å². The van der Waals surface area contributed by atoms with Crippen LogP contribution in [0.15, 0.2) is 30.3 Å². The Morgan fingerprint density at radius 3 is 2.46 bits per heavy atom. The van der Waals surface area contributed by atoms with E-state index in [1.165, 1.54) is 0 Å². The lowest BCUT2D eigenvalue weighted by molar-refractivity contribution is -0.0479. The first-order chi connectivity index (χ1) is 11.7. The Kier molecular flexibility index (Phi) is 6.63. The average Bonchev–Trinajstić information content (AvgIpc) is 2.64. The number of benzene rings is 1. The third-order valence-electron chi connectivity index (χ3n) is 5.21. The smallest absolute Gasteiger partial charge is 0.0916 e. The fourth-order valence-corrected chi connectivity index (χ4v) is 3.65. The van der Waals surface area contributed by atoms with Crippen molar-refractivity contribution in [3.05, 3.63) is 35.9 Å². The minimum absolute atomic E-state index is 0.347. The maximum absolute atomic E-state index is 10.4. The third-order valence-corrected chi connectivity index (χ3v) is 5.21. The molecule has 5 heteroatoms. The highest BCUT2D eigenvalue weighted by molar-refractivity contribution is 5.17. The number of ether oxygens (including phenoxy) is 1. The lowest BCUT2D eigenvalue weighted by atomic mass is 10.1. The van der Waals surface area contributed by atoms with Crippen LogP contribution < -0.4 is 0 Å². The lowest BCUT2D eigenvalue weighted by Crippen LogP contribution is -2.52. The van der Waals surface area contributed by atoms with Gasteiger partial charge in [-0.1, -0.05) is 37.3 Å². The van der Waals surface area contributed by atoms with Crippen molar-refractivity contribution in [3.63, 3.8) is 0 Å². The normalized spacial score (nSPS) is 25.7. The van der Waals surface area contributed by atoms with E-state index in [9.17, 15) is 5.11 Å². The fourth-order valence-electron chi connectivity index (χ4n) is 3.65. The zero-order valence-corrected chi connectivity index (χ0v) is 14.8. The molecule has 1 aromatic rings. The van der Waals surface area contributed by atoms with Gasteiger partial charge in [-0.05, 0) is 12.1 Å². The van der Waals surface area contributed by atoms with E-state index in [1.54, 1.807) is 0 Å². The van der Waals surface area contributed by atoms with Gasteiger partial charge in [-0.2, -0.15) is 0 Å². The zero-order valence-electron chi connectivity index (χ0n) is 14.8. The number of rotatable bonds is 6. The summed E-state index contributed by atoms with van der Waals surface area (Å²) in [4.78, 5) is 7.35. The molecule has 1 N–H and O–H groups in total. The van der Waals surface area contributed by atoms with Crippen LogP contribution in [-0.2, 0) is 4.74 Å². The largest absolute Gasteiger partial charge is 0.387 e. The fraction of sp³-hybridized carbons (Fsp3) is 0.684. The topological polar surface area (TPSA) is 39.2 Å². The van der Waals surface area contributed by atoms with Crippen LogP contribution in [0.5, 0.6) is 0 Å². The minimum Gasteiger partial charge on any atom is -0.387 e. The van der Waals surface area contributed by atoms with Crippen LogP contribution in [-0.4, -0.2) is 91.4 Å². The van der Waals surface area contributed by atoms with E-state index < -0.39 is 6.10 Å². The molecule has 3 rings (SSSR count). The highest BCUT2D eigenvalue weighted by atomic mass is 16.5. The van der Waals surface area contributed by atoms with Crippen molar-refractivity contribution in [3.8, 4) is 0 Å². The van der Waals surface area contributed by atoms with Gasteiger partial charge in [0.1, 0.15) is 0 Å². The Morgan fingerprint density at radius 1 is 1.04 bits per heavy atom. The Hall–Kier alpha value is -0.980.